The third-order valence-electron chi connectivity index (χ3n) is 2.93. The van der Waals surface area contributed by atoms with Crippen LogP contribution in [0, 0.1) is 0 Å². The second-order valence-corrected chi connectivity index (χ2v) is 5.21. The Labute approximate surface area is 130 Å². The zero-order chi connectivity index (χ0) is 14.7. The summed E-state index contributed by atoms with van der Waals surface area (Å²) in [4.78, 5) is 11.8. The van der Waals surface area contributed by atoms with Crippen LogP contribution in [0.3, 0.4) is 0 Å². The summed E-state index contributed by atoms with van der Waals surface area (Å²) in [6.45, 7) is 0. The van der Waals surface area contributed by atoms with Gasteiger partial charge in [0.15, 0.2) is 5.76 Å². The third kappa shape index (κ3) is 3.06. The fourth-order valence-corrected chi connectivity index (χ4v) is 2.39. The van der Waals surface area contributed by atoms with Gasteiger partial charge < -0.3 is 8.83 Å². The first-order valence-corrected chi connectivity index (χ1v) is 7.14. The number of benzene rings is 1. The number of hydrogen-bond donors (Lipinski definition) is 0. The van der Waals surface area contributed by atoms with Crippen LogP contribution in [-0.4, -0.2) is 5.78 Å². The number of allylic oxidation sites excluding steroid dienone is 1. The number of ketones is 1. The van der Waals surface area contributed by atoms with Crippen molar-refractivity contribution in [2.24, 2.45) is 0 Å². The Balaban J connectivity index is 1.80. The van der Waals surface area contributed by atoms with Crippen molar-refractivity contribution in [1.29, 1.82) is 0 Å². The van der Waals surface area contributed by atoms with Gasteiger partial charge in [-0.15, -0.1) is 0 Å². The average molecular weight is 343 g/mol. The Morgan fingerprint density at radius 2 is 1.90 bits per heavy atom. The molecule has 104 valence electrons. The highest BCUT2D eigenvalue weighted by molar-refractivity contribution is 9.10. The van der Waals surface area contributed by atoms with E-state index in [0.29, 0.717) is 11.5 Å². The molecule has 0 aliphatic rings. The Morgan fingerprint density at radius 1 is 1.05 bits per heavy atom. The van der Waals surface area contributed by atoms with E-state index in [4.69, 9.17) is 8.83 Å². The largest absolute Gasteiger partial charge is 0.461 e. The van der Waals surface area contributed by atoms with Crippen molar-refractivity contribution in [3.8, 4) is 11.3 Å². The maximum Gasteiger partial charge on any atom is 0.221 e. The first-order chi connectivity index (χ1) is 10.2. The molecule has 2 aromatic heterocycles. The summed E-state index contributed by atoms with van der Waals surface area (Å²) >= 11 is 3.49. The summed E-state index contributed by atoms with van der Waals surface area (Å²) in [5.41, 5.74) is 0.967. The number of hydrogen-bond acceptors (Lipinski definition) is 3. The van der Waals surface area contributed by atoms with Gasteiger partial charge in [0, 0.05) is 10.0 Å². The van der Waals surface area contributed by atoms with Crippen molar-refractivity contribution in [3.05, 3.63) is 76.9 Å². The lowest BCUT2D eigenvalue weighted by Gasteiger charge is -1.99. The maximum atomic E-state index is 11.8. The summed E-state index contributed by atoms with van der Waals surface area (Å²) in [6, 6.07) is 14.8. The molecule has 0 amide bonds. The summed E-state index contributed by atoms with van der Waals surface area (Å²) in [6.07, 6.45) is 4.53. The van der Waals surface area contributed by atoms with Gasteiger partial charge >= 0.3 is 0 Å². The molecule has 3 aromatic rings. The van der Waals surface area contributed by atoms with Gasteiger partial charge in [-0.1, -0.05) is 34.1 Å². The third-order valence-corrected chi connectivity index (χ3v) is 3.62. The lowest BCUT2D eigenvalue weighted by Crippen LogP contribution is -1.89. The standard InChI is InChI=1S/C17H11BrO3/c18-14-5-2-1-4-13(14)16-10-8-12(21-16)7-9-15(19)17-6-3-11-20-17/h1-11H/b9-7+. The molecule has 0 aliphatic heterocycles. The van der Waals surface area contributed by atoms with Crippen LogP contribution in [0.4, 0.5) is 0 Å². The highest BCUT2D eigenvalue weighted by Gasteiger charge is 2.07. The van der Waals surface area contributed by atoms with Crippen molar-refractivity contribution < 1.29 is 13.6 Å². The van der Waals surface area contributed by atoms with Gasteiger partial charge in [0.2, 0.25) is 5.78 Å². The fourth-order valence-electron chi connectivity index (χ4n) is 1.91. The molecule has 1 aromatic carbocycles. The van der Waals surface area contributed by atoms with Gasteiger partial charge in [-0.3, -0.25) is 4.79 Å². The van der Waals surface area contributed by atoms with E-state index in [1.54, 1.807) is 18.2 Å². The normalized spacial score (nSPS) is 11.1. The first-order valence-electron chi connectivity index (χ1n) is 6.35. The molecule has 3 nitrogen and oxygen atoms in total. The summed E-state index contributed by atoms with van der Waals surface area (Å²) in [7, 11) is 0. The van der Waals surface area contributed by atoms with Gasteiger partial charge in [-0.2, -0.15) is 0 Å². The molecule has 0 N–H and O–H groups in total. The van der Waals surface area contributed by atoms with Gasteiger partial charge in [0.25, 0.3) is 0 Å². The molecule has 0 fully saturated rings. The van der Waals surface area contributed by atoms with E-state index in [9.17, 15) is 4.79 Å². The molecule has 21 heavy (non-hydrogen) atoms. The van der Waals surface area contributed by atoms with Crippen LogP contribution in [0.2, 0.25) is 0 Å². The monoisotopic (exact) mass is 342 g/mol. The SMILES string of the molecule is O=C(/C=C/c1ccc(-c2ccccc2Br)o1)c1ccco1. The van der Waals surface area contributed by atoms with Gasteiger partial charge in [-0.05, 0) is 42.5 Å². The lowest BCUT2D eigenvalue weighted by molar-refractivity contribution is 0.102. The minimum Gasteiger partial charge on any atom is -0.461 e. The average Bonchev–Trinajstić information content (AvgIpc) is 3.17. The minimum absolute atomic E-state index is 0.196. The quantitative estimate of drug-likeness (QED) is 0.483. The Hall–Kier alpha value is -2.33. The van der Waals surface area contributed by atoms with Crippen LogP contribution in [0.5, 0.6) is 0 Å². The number of carbonyl (C=O) groups excluding carboxylic acids is 1. The van der Waals surface area contributed by atoms with E-state index in [1.165, 1.54) is 12.3 Å². The molecule has 2 heterocycles. The Kier molecular flexibility index (Phi) is 3.88. The van der Waals surface area contributed by atoms with Crippen molar-refractivity contribution in [2.45, 2.75) is 0 Å². The van der Waals surface area contributed by atoms with E-state index in [0.717, 1.165) is 15.8 Å². The van der Waals surface area contributed by atoms with Gasteiger partial charge in [-0.25, -0.2) is 0 Å². The molecule has 3 rings (SSSR count). The topological polar surface area (TPSA) is 43.4 Å². The van der Waals surface area contributed by atoms with Crippen molar-refractivity contribution in [2.75, 3.05) is 0 Å². The fraction of sp³-hybridized carbons (Fsp3) is 0. The van der Waals surface area contributed by atoms with Crippen LogP contribution < -0.4 is 0 Å². The highest BCUT2D eigenvalue weighted by atomic mass is 79.9. The molecule has 0 spiro atoms. The number of carbonyl (C=O) groups is 1. The zero-order valence-corrected chi connectivity index (χ0v) is 12.5. The Bertz CT molecular complexity index is 782. The zero-order valence-electron chi connectivity index (χ0n) is 11.0. The Morgan fingerprint density at radius 3 is 2.67 bits per heavy atom. The number of rotatable bonds is 4. The van der Waals surface area contributed by atoms with Gasteiger partial charge in [0.05, 0.1) is 6.26 Å². The van der Waals surface area contributed by atoms with Gasteiger partial charge in [0.1, 0.15) is 11.5 Å². The van der Waals surface area contributed by atoms with E-state index >= 15 is 0 Å². The lowest BCUT2D eigenvalue weighted by atomic mass is 10.2. The maximum absolute atomic E-state index is 11.8. The number of halogens is 1. The van der Waals surface area contributed by atoms with E-state index in [2.05, 4.69) is 15.9 Å². The van der Waals surface area contributed by atoms with E-state index < -0.39 is 0 Å². The van der Waals surface area contributed by atoms with Crippen molar-refractivity contribution >= 4 is 27.8 Å². The predicted octanol–water partition coefficient (Wildman–Crippen LogP) is 5.20. The van der Waals surface area contributed by atoms with Crippen LogP contribution in [0.1, 0.15) is 16.3 Å². The minimum atomic E-state index is -0.196. The van der Waals surface area contributed by atoms with E-state index in [1.807, 2.05) is 36.4 Å². The smallest absolute Gasteiger partial charge is 0.221 e. The summed E-state index contributed by atoms with van der Waals surface area (Å²) < 4.78 is 11.7. The van der Waals surface area contributed by atoms with Crippen LogP contribution in [-0.2, 0) is 0 Å². The molecule has 0 atom stereocenters. The summed E-state index contributed by atoms with van der Waals surface area (Å²) in [5, 5.41) is 0. The van der Waals surface area contributed by atoms with Crippen molar-refractivity contribution in [1.82, 2.24) is 0 Å². The van der Waals surface area contributed by atoms with E-state index in [-0.39, 0.29) is 5.78 Å². The molecular weight excluding hydrogens is 332 g/mol. The molecule has 0 saturated carbocycles. The number of furan rings is 2. The first kappa shape index (κ1) is 13.6. The predicted molar refractivity (Wildman–Crippen MR) is 83.9 cm³/mol. The molecule has 0 radical (unpaired) electrons. The van der Waals surface area contributed by atoms with Crippen LogP contribution in [0.15, 0.2) is 74.2 Å². The van der Waals surface area contributed by atoms with Crippen LogP contribution >= 0.6 is 15.9 Å². The molecule has 0 aliphatic carbocycles. The molecule has 4 heteroatoms. The molecule has 0 saturated heterocycles. The second kappa shape index (κ2) is 5.97. The highest BCUT2D eigenvalue weighted by Crippen LogP contribution is 2.29. The molecular formula is C17H11BrO3. The second-order valence-electron chi connectivity index (χ2n) is 4.36. The molecule has 0 unspecified atom stereocenters. The summed E-state index contributed by atoms with van der Waals surface area (Å²) in [5.74, 6) is 1.47. The van der Waals surface area contributed by atoms with Crippen LogP contribution in [0.25, 0.3) is 17.4 Å². The van der Waals surface area contributed by atoms with Crippen molar-refractivity contribution in [3.63, 3.8) is 0 Å². The molecule has 0 bridgehead atoms.